The van der Waals surface area contributed by atoms with Crippen molar-refractivity contribution >= 4 is 63.2 Å². The molecule has 0 atom stereocenters. The summed E-state index contributed by atoms with van der Waals surface area (Å²) in [5.74, 6) is 1.13. The van der Waals surface area contributed by atoms with Crippen LogP contribution in [-0.4, -0.2) is 20.5 Å². The van der Waals surface area contributed by atoms with Crippen LogP contribution in [0.25, 0.3) is 60.9 Å². The molecule has 12 rings (SSSR count). The van der Waals surface area contributed by atoms with Gasteiger partial charge in [-0.3, -0.25) is 4.90 Å². The Morgan fingerprint density at radius 1 is 0.411 bits per heavy atom. The number of fused-ring (bicyclic) bond motifs is 7. The first-order chi connectivity index (χ1) is 27.8. The Labute approximate surface area is 329 Å². The molecule has 10 aromatic rings. The molecule has 2 aliphatic heterocycles. The van der Waals surface area contributed by atoms with E-state index in [9.17, 15) is 0 Å². The summed E-state index contributed by atoms with van der Waals surface area (Å²) in [6.07, 6.45) is 4.71. The van der Waals surface area contributed by atoms with Gasteiger partial charge in [-0.1, -0.05) is 151 Å². The summed E-state index contributed by atoms with van der Waals surface area (Å²) in [6.45, 7) is -0.0757. The lowest BCUT2D eigenvalue weighted by Gasteiger charge is -2.40. The zero-order valence-corrected chi connectivity index (χ0v) is 31.1. The minimum Gasteiger partial charge on any atom is -0.361 e. The Bertz CT molecular complexity index is 3050. The molecule has 0 aliphatic carbocycles. The van der Waals surface area contributed by atoms with Crippen LogP contribution in [0.3, 0.4) is 0 Å². The number of aromatic nitrogens is 3. The zero-order chi connectivity index (χ0) is 36.7. The van der Waals surface area contributed by atoms with E-state index in [4.69, 9.17) is 0 Å². The average Bonchev–Trinajstić information content (AvgIpc) is 3.99. The molecule has 0 spiro atoms. The number of hydrogen-bond acceptors (Lipinski definition) is 2. The first kappa shape index (κ1) is 31.5. The maximum absolute atomic E-state index is 2.50. The third-order valence-corrected chi connectivity index (χ3v) is 12.6. The van der Waals surface area contributed by atoms with Gasteiger partial charge in [0.1, 0.15) is 5.82 Å². The van der Waals surface area contributed by atoms with Gasteiger partial charge in [0.2, 0.25) is 0 Å². The van der Waals surface area contributed by atoms with E-state index in [1.54, 1.807) is 0 Å². The van der Waals surface area contributed by atoms with E-state index in [1.165, 1.54) is 76.3 Å². The molecule has 0 saturated carbocycles. The maximum atomic E-state index is 2.50. The van der Waals surface area contributed by atoms with Crippen LogP contribution in [0.5, 0.6) is 0 Å². The van der Waals surface area contributed by atoms with Crippen LogP contribution in [0.4, 0.5) is 17.2 Å². The van der Waals surface area contributed by atoms with Crippen LogP contribution in [0, 0.1) is 0 Å². The standard InChI is InChI=1S/C50H33BN4S/c1-4-14-34(15-5-1)37-24-26-40(27-25-37)55-46-30-41(54-44-22-12-10-20-42(44)43-21-11-13-23-45(43)54)31-47-50(46)51(52-32-38(28-48(52)55)35-16-6-2-7-17-35)53-33-39(29-49(53)56-47)36-18-8-3-9-19-36/h1-33H. The molecule has 0 unspecified atom stereocenters. The summed E-state index contributed by atoms with van der Waals surface area (Å²) in [5, 5.41) is 3.75. The number of nitrogens with zero attached hydrogens (tertiary/aromatic N) is 4. The summed E-state index contributed by atoms with van der Waals surface area (Å²) in [6, 6.07) is 68.5. The molecule has 56 heavy (non-hydrogen) atoms. The zero-order valence-electron chi connectivity index (χ0n) is 30.3. The normalized spacial score (nSPS) is 12.9. The van der Waals surface area contributed by atoms with Gasteiger partial charge in [-0.2, -0.15) is 0 Å². The predicted octanol–water partition coefficient (Wildman–Crippen LogP) is 12.4. The van der Waals surface area contributed by atoms with Crippen molar-refractivity contribution in [3.8, 4) is 39.1 Å². The van der Waals surface area contributed by atoms with E-state index >= 15 is 0 Å². The van der Waals surface area contributed by atoms with Crippen LogP contribution in [0.2, 0.25) is 0 Å². The fourth-order valence-electron chi connectivity index (χ4n) is 8.96. The molecule has 6 heteroatoms. The van der Waals surface area contributed by atoms with Gasteiger partial charge >= 0.3 is 6.98 Å². The van der Waals surface area contributed by atoms with Gasteiger partial charge in [0, 0.05) is 56.2 Å². The number of anilines is 3. The third kappa shape index (κ3) is 4.76. The molecule has 0 fully saturated rings. The van der Waals surface area contributed by atoms with Crippen molar-refractivity contribution in [1.29, 1.82) is 0 Å². The van der Waals surface area contributed by atoms with Crippen LogP contribution in [0.1, 0.15) is 0 Å². The molecular formula is C50H33BN4S. The van der Waals surface area contributed by atoms with Crippen molar-refractivity contribution in [3.63, 3.8) is 0 Å². The molecule has 4 nitrogen and oxygen atoms in total. The van der Waals surface area contributed by atoms with Gasteiger partial charge in [-0.05, 0) is 76.3 Å². The number of benzene rings is 7. The van der Waals surface area contributed by atoms with Gasteiger partial charge in [-0.25, -0.2) is 0 Å². The second kappa shape index (κ2) is 12.3. The highest BCUT2D eigenvalue weighted by atomic mass is 32.2. The van der Waals surface area contributed by atoms with Crippen molar-refractivity contribution in [1.82, 2.24) is 13.5 Å². The first-order valence-electron chi connectivity index (χ1n) is 19.1. The highest BCUT2D eigenvalue weighted by molar-refractivity contribution is 7.99. The number of para-hydroxylation sites is 2. The summed E-state index contributed by atoms with van der Waals surface area (Å²) in [4.78, 5) is 3.75. The Morgan fingerprint density at radius 2 is 0.929 bits per heavy atom. The largest absolute Gasteiger partial charge is 0.424 e. The predicted molar refractivity (Wildman–Crippen MR) is 235 cm³/mol. The molecular weight excluding hydrogens is 699 g/mol. The second-order valence-corrected chi connectivity index (χ2v) is 15.7. The molecule has 262 valence electrons. The second-order valence-electron chi connectivity index (χ2n) is 14.7. The minimum absolute atomic E-state index is 0.0757. The minimum atomic E-state index is -0.0757. The summed E-state index contributed by atoms with van der Waals surface area (Å²) in [5.41, 5.74) is 14.4. The molecule has 0 radical (unpaired) electrons. The third-order valence-electron chi connectivity index (χ3n) is 11.5. The van der Waals surface area contributed by atoms with E-state index < -0.39 is 0 Å². The van der Waals surface area contributed by atoms with E-state index in [-0.39, 0.29) is 6.98 Å². The lowest BCUT2D eigenvalue weighted by molar-refractivity contribution is 0.957. The number of rotatable bonds is 5. The summed E-state index contributed by atoms with van der Waals surface area (Å²) < 4.78 is 7.45. The van der Waals surface area contributed by atoms with Gasteiger partial charge in [0.15, 0.2) is 0 Å². The monoisotopic (exact) mass is 732 g/mol. The Hall–Kier alpha value is -6.89. The maximum Gasteiger partial charge on any atom is 0.424 e. The van der Waals surface area contributed by atoms with Crippen LogP contribution in [0.15, 0.2) is 210 Å². The summed E-state index contributed by atoms with van der Waals surface area (Å²) >= 11 is 1.87. The van der Waals surface area contributed by atoms with Gasteiger partial charge < -0.3 is 13.5 Å². The van der Waals surface area contributed by atoms with Crippen molar-refractivity contribution in [2.75, 3.05) is 4.90 Å². The number of hydrogen-bond donors (Lipinski definition) is 0. The molecule has 0 bridgehead atoms. The average molecular weight is 733 g/mol. The smallest absolute Gasteiger partial charge is 0.361 e. The molecule has 2 aliphatic rings. The lowest BCUT2D eigenvalue weighted by atomic mass is 9.64. The quantitative estimate of drug-likeness (QED) is 0.164. The van der Waals surface area contributed by atoms with E-state index in [2.05, 4.69) is 219 Å². The van der Waals surface area contributed by atoms with Gasteiger partial charge in [0.25, 0.3) is 0 Å². The van der Waals surface area contributed by atoms with Crippen LogP contribution < -0.4 is 10.4 Å². The van der Waals surface area contributed by atoms with Gasteiger partial charge in [0.05, 0.1) is 16.1 Å². The molecule has 0 N–H and O–H groups in total. The lowest BCUT2D eigenvalue weighted by Crippen LogP contribution is -2.53. The Balaban J connectivity index is 1.14. The molecule has 0 amide bonds. The van der Waals surface area contributed by atoms with Crippen molar-refractivity contribution in [2.45, 2.75) is 9.92 Å². The van der Waals surface area contributed by atoms with Crippen molar-refractivity contribution < 1.29 is 0 Å². The fourth-order valence-corrected chi connectivity index (χ4v) is 10.1. The molecule has 7 aromatic carbocycles. The highest BCUT2D eigenvalue weighted by Gasteiger charge is 2.43. The topological polar surface area (TPSA) is 18.0 Å². The SMILES string of the molecule is c1ccc(-c2ccc(N3c4cc(-n5c6ccccc6c6ccccc65)cc5c4B(n4cc(-c6ccccc6)cc4S5)n4cc(-c5ccccc5)cc43)cc2)cc1. The van der Waals surface area contributed by atoms with E-state index in [0.29, 0.717) is 0 Å². The van der Waals surface area contributed by atoms with Gasteiger partial charge in [-0.15, -0.1) is 0 Å². The molecule has 0 saturated heterocycles. The highest BCUT2D eigenvalue weighted by Crippen LogP contribution is 2.48. The van der Waals surface area contributed by atoms with E-state index in [0.717, 1.165) is 17.2 Å². The van der Waals surface area contributed by atoms with Crippen LogP contribution >= 0.6 is 11.8 Å². The Kier molecular flexibility index (Phi) is 6.92. The molecule has 3 aromatic heterocycles. The molecule has 5 heterocycles. The summed E-state index contributed by atoms with van der Waals surface area (Å²) in [7, 11) is 0. The van der Waals surface area contributed by atoms with Crippen molar-refractivity contribution in [2.24, 2.45) is 0 Å². The van der Waals surface area contributed by atoms with Crippen molar-refractivity contribution in [3.05, 3.63) is 200 Å². The van der Waals surface area contributed by atoms with Crippen LogP contribution in [-0.2, 0) is 0 Å². The Morgan fingerprint density at radius 3 is 1.55 bits per heavy atom. The van der Waals surface area contributed by atoms with E-state index in [1.807, 2.05) is 11.8 Å². The fraction of sp³-hybridized carbons (Fsp3) is 0. The first-order valence-corrected chi connectivity index (χ1v) is 19.9.